The highest BCUT2D eigenvalue weighted by atomic mass is 35.5. The number of aromatic nitrogens is 2. The quantitative estimate of drug-likeness (QED) is 0.395. The molecule has 4 rings (SSSR count). The van der Waals surface area contributed by atoms with Crippen LogP contribution in [0.5, 0.6) is 0 Å². The largest absolute Gasteiger partial charge is 0.393 e. The molecule has 0 amide bonds. The second kappa shape index (κ2) is 7.76. The molecule has 1 N–H and O–H groups in total. The van der Waals surface area contributed by atoms with Gasteiger partial charge in [-0.05, 0) is 18.9 Å². The van der Waals surface area contributed by atoms with Crippen LogP contribution in [0.15, 0.2) is 54.6 Å². The van der Waals surface area contributed by atoms with Gasteiger partial charge in [0.25, 0.3) is 0 Å². The number of halogens is 2. The smallest absolute Gasteiger partial charge is 0.236 e. The molecule has 2 heterocycles. The summed E-state index contributed by atoms with van der Waals surface area (Å²) in [5, 5.41) is 10.3. The summed E-state index contributed by atoms with van der Waals surface area (Å²) in [6, 6.07) is 16.8. The molecule has 1 aliphatic heterocycles. The maximum absolute atomic E-state index is 13.4. The van der Waals surface area contributed by atoms with E-state index in [-0.39, 0.29) is 11.8 Å². The Balaban J connectivity index is 1.79. The van der Waals surface area contributed by atoms with Crippen LogP contribution in [0.3, 0.4) is 0 Å². The van der Waals surface area contributed by atoms with Crippen LogP contribution in [-0.2, 0) is 0 Å². The zero-order chi connectivity index (χ0) is 19.7. The molecular weight excluding hydrogens is 397 g/mol. The van der Waals surface area contributed by atoms with E-state index in [1.807, 2.05) is 48.5 Å². The summed E-state index contributed by atoms with van der Waals surface area (Å²) in [7, 11) is 0. The van der Waals surface area contributed by atoms with Gasteiger partial charge in [-0.1, -0.05) is 71.7 Å². The van der Waals surface area contributed by atoms with Crippen molar-refractivity contribution in [2.75, 3.05) is 13.1 Å². The molecule has 1 aromatic heterocycles. The summed E-state index contributed by atoms with van der Waals surface area (Å²) in [5.74, 6) is -0.0381. The van der Waals surface area contributed by atoms with E-state index in [1.54, 1.807) is 11.0 Å². The van der Waals surface area contributed by atoms with E-state index < -0.39 is 10.2 Å². The van der Waals surface area contributed by atoms with Gasteiger partial charge < -0.3 is 5.11 Å². The van der Waals surface area contributed by atoms with Gasteiger partial charge in [0.1, 0.15) is 5.69 Å². The van der Waals surface area contributed by atoms with Crippen LogP contribution < -0.4 is 0 Å². The number of piperidine rings is 1. The Hall–Kier alpha value is -2.05. The van der Waals surface area contributed by atoms with Crippen molar-refractivity contribution in [2.24, 2.45) is 0 Å². The Morgan fingerprint density at radius 1 is 1.00 bits per heavy atom. The number of carbonyl (C=O) groups is 1. The molecule has 5 nitrogen and oxygen atoms in total. The molecule has 0 radical (unpaired) electrons. The molecule has 1 fully saturated rings. The molecule has 0 atom stereocenters. The second-order valence-corrected chi connectivity index (χ2v) is 8.16. The van der Waals surface area contributed by atoms with E-state index in [1.165, 1.54) is 0 Å². The second-order valence-electron chi connectivity index (χ2n) is 6.87. The van der Waals surface area contributed by atoms with Crippen LogP contribution >= 0.6 is 23.2 Å². The van der Waals surface area contributed by atoms with E-state index in [0.29, 0.717) is 42.7 Å². The van der Waals surface area contributed by atoms with E-state index in [0.717, 1.165) is 5.56 Å². The number of fused-ring (bicyclic) bond motifs is 1. The third-order valence-electron chi connectivity index (χ3n) is 4.99. The van der Waals surface area contributed by atoms with Crippen molar-refractivity contribution in [2.45, 2.75) is 23.4 Å². The highest BCUT2D eigenvalue weighted by Gasteiger charge is 2.43. The lowest BCUT2D eigenvalue weighted by molar-refractivity contribution is 0.0577. The molecule has 28 heavy (non-hydrogen) atoms. The SMILES string of the molecule is O=C(c1nc(-c2ccccc2)nc2ccccc12)C(Cl)(Cl)N1CCC(O)CC1. The van der Waals surface area contributed by atoms with Crippen LogP contribution in [0.25, 0.3) is 22.3 Å². The van der Waals surface area contributed by atoms with Gasteiger partial charge in [-0.25, -0.2) is 9.97 Å². The number of carbonyl (C=O) groups excluding carboxylic acids is 1. The van der Waals surface area contributed by atoms with Crippen LogP contribution in [-0.4, -0.2) is 49.4 Å². The molecule has 3 aromatic rings. The topological polar surface area (TPSA) is 66.3 Å². The highest BCUT2D eigenvalue weighted by Crippen LogP contribution is 2.34. The maximum Gasteiger partial charge on any atom is 0.236 e. The summed E-state index contributed by atoms with van der Waals surface area (Å²) in [6.07, 6.45) is 0.655. The van der Waals surface area contributed by atoms with E-state index in [9.17, 15) is 9.90 Å². The van der Waals surface area contributed by atoms with Crippen LogP contribution in [0.4, 0.5) is 0 Å². The fourth-order valence-electron chi connectivity index (χ4n) is 3.40. The number of benzene rings is 2. The zero-order valence-corrected chi connectivity index (χ0v) is 16.6. The van der Waals surface area contributed by atoms with Gasteiger partial charge in [-0.15, -0.1) is 0 Å². The number of hydrogen-bond acceptors (Lipinski definition) is 5. The van der Waals surface area contributed by atoms with Gasteiger partial charge in [0.2, 0.25) is 10.2 Å². The summed E-state index contributed by atoms with van der Waals surface area (Å²) in [5.41, 5.74) is 1.65. The molecule has 0 spiro atoms. The van der Waals surface area contributed by atoms with Gasteiger partial charge in [-0.2, -0.15) is 0 Å². The Kier molecular flexibility index (Phi) is 5.34. The molecule has 0 bridgehead atoms. The first-order chi connectivity index (χ1) is 13.5. The Bertz CT molecular complexity index is 1000. The number of likely N-dealkylation sites (tertiary alicyclic amines) is 1. The number of nitrogens with zero attached hydrogens (tertiary/aromatic N) is 3. The minimum absolute atomic E-state index is 0.195. The molecule has 0 unspecified atom stereocenters. The van der Waals surface area contributed by atoms with E-state index in [4.69, 9.17) is 23.2 Å². The lowest BCUT2D eigenvalue weighted by Crippen LogP contribution is -2.50. The first-order valence-electron chi connectivity index (χ1n) is 9.15. The number of ketones is 1. The maximum atomic E-state index is 13.4. The fraction of sp³-hybridized carbons (Fsp3) is 0.286. The standard InChI is InChI=1S/C21H19Cl2N3O2/c22-21(23,26-12-10-15(27)11-13-26)19(28)18-16-8-4-5-9-17(16)24-20(25-18)14-6-2-1-3-7-14/h1-9,15,27H,10-13H2. The minimum atomic E-state index is -1.76. The molecule has 144 valence electrons. The monoisotopic (exact) mass is 415 g/mol. The van der Waals surface area contributed by atoms with Crippen molar-refractivity contribution >= 4 is 39.9 Å². The number of aliphatic hydroxyl groups excluding tert-OH is 1. The van der Waals surface area contributed by atoms with Crippen molar-refractivity contribution in [3.8, 4) is 11.4 Å². The van der Waals surface area contributed by atoms with Gasteiger partial charge in [0.05, 0.1) is 11.6 Å². The first-order valence-corrected chi connectivity index (χ1v) is 9.90. The third-order valence-corrected chi connectivity index (χ3v) is 5.81. The number of alkyl halides is 2. The van der Waals surface area contributed by atoms with Crippen LogP contribution in [0.1, 0.15) is 23.3 Å². The average Bonchev–Trinajstić information content (AvgIpc) is 2.73. The number of aliphatic hydroxyl groups is 1. The van der Waals surface area contributed by atoms with Crippen molar-refractivity contribution in [1.29, 1.82) is 0 Å². The normalized spacial score (nSPS) is 16.4. The van der Waals surface area contributed by atoms with Gasteiger partial charge in [-0.3, -0.25) is 9.69 Å². The lowest BCUT2D eigenvalue weighted by atomic mass is 10.1. The molecule has 0 saturated carbocycles. The Morgan fingerprint density at radius 3 is 2.36 bits per heavy atom. The average molecular weight is 416 g/mol. The highest BCUT2D eigenvalue weighted by molar-refractivity contribution is 6.59. The Morgan fingerprint density at radius 2 is 1.64 bits per heavy atom. The molecule has 7 heteroatoms. The summed E-state index contributed by atoms with van der Waals surface area (Å²) >= 11 is 13.1. The molecule has 2 aromatic carbocycles. The summed E-state index contributed by atoms with van der Waals surface area (Å²) in [6.45, 7) is 0.878. The molecule has 0 aliphatic carbocycles. The van der Waals surface area contributed by atoms with Crippen LogP contribution in [0, 0.1) is 0 Å². The van der Waals surface area contributed by atoms with Crippen molar-refractivity contribution in [1.82, 2.24) is 14.9 Å². The number of hydrogen-bond donors (Lipinski definition) is 1. The molecular formula is C21H19Cl2N3O2. The van der Waals surface area contributed by atoms with Gasteiger partial charge >= 0.3 is 0 Å². The van der Waals surface area contributed by atoms with Gasteiger partial charge in [0.15, 0.2) is 5.82 Å². The molecule has 1 saturated heterocycles. The summed E-state index contributed by atoms with van der Waals surface area (Å²) < 4.78 is -1.76. The van der Waals surface area contributed by atoms with Crippen molar-refractivity contribution in [3.05, 3.63) is 60.3 Å². The number of Topliss-reactive ketones (excluding diaryl/α,β-unsaturated/α-hetero) is 1. The fourth-order valence-corrected chi connectivity index (χ4v) is 3.92. The van der Waals surface area contributed by atoms with Crippen molar-refractivity contribution in [3.63, 3.8) is 0 Å². The predicted molar refractivity (Wildman–Crippen MR) is 111 cm³/mol. The van der Waals surface area contributed by atoms with Crippen molar-refractivity contribution < 1.29 is 9.90 Å². The zero-order valence-electron chi connectivity index (χ0n) is 15.1. The summed E-state index contributed by atoms with van der Waals surface area (Å²) in [4.78, 5) is 24.2. The third kappa shape index (κ3) is 3.63. The van der Waals surface area contributed by atoms with E-state index in [2.05, 4.69) is 9.97 Å². The predicted octanol–water partition coefficient (Wildman–Crippen LogP) is 4.07. The lowest BCUT2D eigenvalue weighted by Gasteiger charge is -2.37. The molecule has 1 aliphatic rings. The number of rotatable bonds is 4. The van der Waals surface area contributed by atoms with Crippen LogP contribution in [0.2, 0.25) is 0 Å². The van der Waals surface area contributed by atoms with Gasteiger partial charge in [0, 0.05) is 24.0 Å². The minimum Gasteiger partial charge on any atom is -0.393 e. The number of para-hydroxylation sites is 1. The Labute approximate surface area is 172 Å². The van der Waals surface area contributed by atoms with E-state index >= 15 is 0 Å². The first kappa shape index (κ1) is 19.3.